The van der Waals surface area contributed by atoms with E-state index in [4.69, 9.17) is 16.3 Å². The summed E-state index contributed by atoms with van der Waals surface area (Å²) in [5.74, 6) is -2.01. The van der Waals surface area contributed by atoms with E-state index in [0.29, 0.717) is 6.54 Å². The van der Waals surface area contributed by atoms with E-state index in [2.05, 4.69) is 5.32 Å². The van der Waals surface area contributed by atoms with Crippen molar-refractivity contribution in [2.45, 2.75) is 12.8 Å². The van der Waals surface area contributed by atoms with Crippen molar-refractivity contribution in [3.8, 4) is 0 Å². The van der Waals surface area contributed by atoms with Gasteiger partial charge in [0.05, 0.1) is 5.56 Å². The van der Waals surface area contributed by atoms with Gasteiger partial charge in [0.25, 0.3) is 5.91 Å². The largest absolute Gasteiger partial charge is 0.452 e. The number of esters is 1. The van der Waals surface area contributed by atoms with Gasteiger partial charge < -0.3 is 10.1 Å². The highest BCUT2D eigenvalue weighted by molar-refractivity contribution is 6.30. The van der Waals surface area contributed by atoms with E-state index in [1.54, 1.807) is 0 Å². The minimum atomic E-state index is -0.929. The van der Waals surface area contributed by atoms with Crippen molar-refractivity contribution >= 4 is 23.5 Å². The summed E-state index contributed by atoms with van der Waals surface area (Å²) in [6, 6.07) is 13.3. The van der Waals surface area contributed by atoms with E-state index < -0.39 is 24.3 Å². The Morgan fingerprint density at radius 2 is 1.92 bits per heavy atom. The van der Waals surface area contributed by atoms with E-state index in [-0.39, 0.29) is 16.5 Å². The molecule has 2 aromatic carbocycles. The zero-order chi connectivity index (χ0) is 17.5. The lowest BCUT2D eigenvalue weighted by Gasteiger charge is -2.13. The van der Waals surface area contributed by atoms with Gasteiger partial charge in [-0.1, -0.05) is 48.9 Å². The van der Waals surface area contributed by atoms with Gasteiger partial charge in [0.15, 0.2) is 6.61 Å². The summed E-state index contributed by atoms with van der Waals surface area (Å²) in [6.07, 6.45) is 0. The number of benzene rings is 2. The molecule has 0 spiro atoms. The summed E-state index contributed by atoms with van der Waals surface area (Å²) >= 11 is 5.71. The SMILES string of the molecule is C[C@@H](CNC(=O)COC(=O)c1cc(Cl)ccc1F)c1ccccc1. The van der Waals surface area contributed by atoms with Crippen LogP contribution in [0.5, 0.6) is 0 Å². The summed E-state index contributed by atoms with van der Waals surface area (Å²) in [4.78, 5) is 23.5. The Balaban J connectivity index is 1.81. The van der Waals surface area contributed by atoms with Crippen molar-refractivity contribution in [3.05, 3.63) is 70.5 Å². The predicted molar refractivity (Wildman–Crippen MR) is 89.6 cm³/mol. The van der Waals surface area contributed by atoms with E-state index in [0.717, 1.165) is 17.7 Å². The number of amides is 1. The molecule has 24 heavy (non-hydrogen) atoms. The smallest absolute Gasteiger partial charge is 0.341 e. The predicted octanol–water partition coefficient (Wildman–Crippen LogP) is 3.56. The number of halogens is 2. The lowest BCUT2D eigenvalue weighted by Crippen LogP contribution is -2.31. The summed E-state index contributed by atoms with van der Waals surface area (Å²) in [7, 11) is 0. The van der Waals surface area contributed by atoms with Crippen LogP contribution in [0.1, 0.15) is 28.8 Å². The summed E-state index contributed by atoms with van der Waals surface area (Å²) < 4.78 is 18.3. The van der Waals surface area contributed by atoms with Gasteiger partial charge in [-0.25, -0.2) is 9.18 Å². The highest BCUT2D eigenvalue weighted by Crippen LogP contribution is 2.16. The lowest BCUT2D eigenvalue weighted by molar-refractivity contribution is -0.124. The second-order valence-electron chi connectivity index (χ2n) is 5.32. The summed E-state index contributed by atoms with van der Waals surface area (Å²) in [5.41, 5.74) is 0.795. The monoisotopic (exact) mass is 349 g/mol. The Bertz CT molecular complexity index is 721. The van der Waals surface area contributed by atoms with Gasteiger partial charge in [-0.05, 0) is 29.7 Å². The van der Waals surface area contributed by atoms with Crippen LogP contribution in [0, 0.1) is 5.82 Å². The minimum Gasteiger partial charge on any atom is -0.452 e. The van der Waals surface area contributed by atoms with E-state index in [1.165, 1.54) is 6.07 Å². The highest BCUT2D eigenvalue weighted by Gasteiger charge is 2.15. The molecule has 0 unspecified atom stereocenters. The molecule has 0 aliphatic heterocycles. The molecule has 0 aliphatic rings. The molecule has 1 amide bonds. The first-order chi connectivity index (χ1) is 11.5. The maximum absolute atomic E-state index is 13.5. The van der Waals surface area contributed by atoms with Crippen molar-refractivity contribution in [2.75, 3.05) is 13.2 Å². The van der Waals surface area contributed by atoms with Crippen molar-refractivity contribution in [3.63, 3.8) is 0 Å². The Hall–Kier alpha value is -2.40. The van der Waals surface area contributed by atoms with Gasteiger partial charge in [-0.15, -0.1) is 0 Å². The zero-order valence-electron chi connectivity index (χ0n) is 13.1. The molecule has 2 rings (SSSR count). The number of carbonyl (C=O) groups excluding carboxylic acids is 2. The van der Waals surface area contributed by atoms with Crippen molar-refractivity contribution < 1.29 is 18.7 Å². The van der Waals surface area contributed by atoms with Crippen LogP contribution in [0.25, 0.3) is 0 Å². The maximum Gasteiger partial charge on any atom is 0.341 e. The molecule has 126 valence electrons. The molecular weight excluding hydrogens is 333 g/mol. The van der Waals surface area contributed by atoms with Crippen molar-refractivity contribution in [2.24, 2.45) is 0 Å². The molecule has 4 nitrogen and oxygen atoms in total. The van der Waals surface area contributed by atoms with Crippen molar-refractivity contribution in [1.82, 2.24) is 5.32 Å². The van der Waals surface area contributed by atoms with Gasteiger partial charge in [0.1, 0.15) is 5.82 Å². The average Bonchev–Trinajstić information content (AvgIpc) is 2.60. The molecular formula is C18H17ClFNO3. The first kappa shape index (κ1) is 17.9. The highest BCUT2D eigenvalue weighted by atomic mass is 35.5. The molecule has 0 saturated heterocycles. The molecule has 2 aromatic rings. The average molecular weight is 350 g/mol. The number of hydrogen-bond acceptors (Lipinski definition) is 3. The molecule has 0 heterocycles. The van der Waals surface area contributed by atoms with Gasteiger partial charge in [0.2, 0.25) is 0 Å². The fourth-order valence-corrected chi connectivity index (χ4v) is 2.25. The molecule has 0 radical (unpaired) electrons. The maximum atomic E-state index is 13.5. The lowest BCUT2D eigenvalue weighted by atomic mass is 10.0. The van der Waals surface area contributed by atoms with Crippen LogP contribution in [0.3, 0.4) is 0 Å². The minimum absolute atomic E-state index is 0.122. The van der Waals surface area contributed by atoms with Gasteiger partial charge in [-0.2, -0.15) is 0 Å². The molecule has 0 bridgehead atoms. The Labute approximate surface area is 144 Å². The Morgan fingerprint density at radius 3 is 2.62 bits per heavy atom. The summed E-state index contributed by atoms with van der Waals surface area (Å²) in [6.45, 7) is 1.90. The van der Waals surface area contributed by atoms with Crippen LogP contribution in [0.15, 0.2) is 48.5 Å². The van der Waals surface area contributed by atoms with E-state index in [1.807, 2.05) is 37.3 Å². The molecule has 0 saturated carbocycles. The second-order valence-corrected chi connectivity index (χ2v) is 5.75. The number of hydrogen-bond donors (Lipinski definition) is 1. The van der Waals surface area contributed by atoms with Crippen LogP contribution < -0.4 is 5.32 Å². The molecule has 0 fully saturated rings. The number of carbonyl (C=O) groups is 2. The third-order valence-corrected chi connectivity index (χ3v) is 3.69. The van der Waals surface area contributed by atoms with Gasteiger partial charge in [-0.3, -0.25) is 4.79 Å². The first-order valence-electron chi connectivity index (χ1n) is 7.41. The van der Waals surface area contributed by atoms with Gasteiger partial charge in [0, 0.05) is 11.6 Å². The topological polar surface area (TPSA) is 55.4 Å². The second kappa shape index (κ2) is 8.45. The first-order valence-corrected chi connectivity index (χ1v) is 7.79. The van der Waals surface area contributed by atoms with Crippen LogP contribution in [0.4, 0.5) is 4.39 Å². The molecule has 1 N–H and O–H groups in total. The zero-order valence-corrected chi connectivity index (χ0v) is 13.8. The molecule has 6 heteroatoms. The van der Waals surface area contributed by atoms with Gasteiger partial charge >= 0.3 is 5.97 Å². The Morgan fingerprint density at radius 1 is 1.21 bits per heavy atom. The van der Waals surface area contributed by atoms with Crippen molar-refractivity contribution in [1.29, 1.82) is 0 Å². The quantitative estimate of drug-likeness (QED) is 0.811. The molecule has 0 aromatic heterocycles. The van der Waals surface area contributed by atoms with Crippen LogP contribution >= 0.6 is 11.6 Å². The molecule has 0 aliphatic carbocycles. The van der Waals surface area contributed by atoms with E-state index in [9.17, 15) is 14.0 Å². The van der Waals surface area contributed by atoms with Crippen LogP contribution in [-0.2, 0) is 9.53 Å². The molecule has 1 atom stereocenters. The normalized spacial score (nSPS) is 11.6. The van der Waals surface area contributed by atoms with Crippen LogP contribution in [-0.4, -0.2) is 25.0 Å². The fourth-order valence-electron chi connectivity index (χ4n) is 2.08. The standard InChI is InChI=1S/C18H17ClFNO3/c1-12(13-5-3-2-4-6-13)10-21-17(22)11-24-18(23)15-9-14(19)7-8-16(15)20/h2-9,12H,10-11H2,1H3,(H,21,22)/t12-/m0/s1. The number of rotatable bonds is 6. The summed E-state index contributed by atoms with van der Waals surface area (Å²) in [5, 5.41) is 2.89. The Kier molecular flexibility index (Phi) is 6.32. The fraction of sp³-hybridized carbons (Fsp3) is 0.222. The number of ether oxygens (including phenoxy) is 1. The van der Waals surface area contributed by atoms with E-state index >= 15 is 0 Å². The number of nitrogens with one attached hydrogen (secondary N) is 1. The third-order valence-electron chi connectivity index (χ3n) is 3.46. The van der Waals surface area contributed by atoms with Crippen LogP contribution in [0.2, 0.25) is 5.02 Å². The third kappa shape index (κ3) is 5.06.